The van der Waals surface area contributed by atoms with Crippen molar-refractivity contribution >= 4 is 45.1 Å². The van der Waals surface area contributed by atoms with Gasteiger partial charge in [0.1, 0.15) is 12.4 Å². The maximum atomic E-state index is 7.29. The number of hydrogen-bond donors (Lipinski definition) is 0. The lowest BCUT2D eigenvalue weighted by Gasteiger charge is -2.41. The molecular formula is C89H77NO. The molecule has 0 saturated carbocycles. The molecule has 5 aliphatic rings. The standard InChI is InChI=1S/C89H77NO/c1-7-10-28-67-57-71-48-47-70(59-80(71)63(67)6)65-49-52-75(53-50-65)90(85-44-26-43-83-86(85)79-40-23-24-42-82(79)89(83,73(9-3)34-11-8-2)74-35-15-14-16-36-74)76-37-25-32-68(58-76)69-46-45-61(4)77-38-17-12-13-18-41-81(77)88(62(5)56-69)55-27-33-64-29-19-20-31-72(64)60-91-87-78-39-22-21-30-66(78)51-54-84(87)88/h8-16,19-54,56,58-59,61H,2,5,7,17-18,55,57,60H2,1,3-4,6H3/b13-12-,28-10-,33-27-,34-11-,46-45-,69-56+,73-9+,77-38-,81-41+. The molecule has 1 heterocycles. The van der Waals surface area contributed by atoms with Gasteiger partial charge in [-0.25, -0.2) is 0 Å². The summed E-state index contributed by atoms with van der Waals surface area (Å²) in [4.78, 5) is 2.51. The third kappa shape index (κ3) is 10.3. The van der Waals surface area contributed by atoms with E-state index in [0.717, 1.165) is 92.7 Å². The first-order chi connectivity index (χ1) is 44.7. The van der Waals surface area contributed by atoms with Crippen molar-refractivity contribution in [3.05, 3.63) is 376 Å². The van der Waals surface area contributed by atoms with Crippen molar-refractivity contribution in [1.82, 2.24) is 0 Å². The summed E-state index contributed by atoms with van der Waals surface area (Å²) >= 11 is 0. The summed E-state index contributed by atoms with van der Waals surface area (Å²) in [5.74, 6) is 0.974. The first-order valence-corrected chi connectivity index (χ1v) is 32.5. The minimum absolute atomic E-state index is 0.0675. The van der Waals surface area contributed by atoms with E-state index < -0.39 is 10.8 Å². The highest BCUT2D eigenvalue weighted by atomic mass is 16.5. The lowest BCUT2D eigenvalue weighted by Crippen LogP contribution is -2.33. The van der Waals surface area contributed by atoms with Gasteiger partial charge < -0.3 is 9.64 Å². The average molecular weight is 1180 g/mol. The molecule has 14 rings (SSSR count). The molecule has 444 valence electrons. The van der Waals surface area contributed by atoms with Gasteiger partial charge in [-0.1, -0.05) is 282 Å². The lowest BCUT2D eigenvalue weighted by atomic mass is 9.62. The second-order valence-corrected chi connectivity index (χ2v) is 24.8. The maximum Gasteiger partial charge on any atom is 0.132 e. The Labute approximate surface area is 539 Å². The molecule has 0 N–H and O–H groups in total. The van der Waals surface area contributed by atoms with Crippen LogP contribution in [0.3, 0.4) is 0 Å². The molecule has 4 aliphatic carbocycles. The zero-order valence-corrected chi connectivity index (χ0v) is 52.8. The largest absolute Gasteiger partial charge is 0.488 e. The second-order valence-electron chi connectivity index (χ2n) is 24.8. The quantitative estimate of drug-likeness (QED) is 0.0945. The van der Waals surface area contributed by atoms with Gasteiger partial charge in [-0.2, -0.15) is 0 Å². The molecule has 0 aromatic heterocycles. The van der Waals surface area contributed by atoms with E-state index in [1.807, 2.05) is 6.08 Å². The highest BCUT2D eigenvalue weighted by Crippen LogP contribution is 2.61. The molecule has 9 aromatic rings. The molecule has 3 unspecified atom stereocenters. The Bertz CT molecular complexity index is 4690. The summed E-state index contributed by atoms with van der Waals surface area (Å²) in [5.41, 5.74) is 26.3. The Morgan fingerprint density at radius 1 is 0.670 bits per heavy atom. The molecule has 2 nitrogen and oxygen atoms in total. The highest BCUT2D eigenvalue weighted by molar-refractivity contribution is 5.99. The Balaban J connectivity index is 0.978. The van der Waals surface area contributed by atoms with E-state index in [2.05, 4.69) is 324 Å². The van der Waals surface area contributed by atoms with Crippen LogP contribution in [-0.4, -0.2) is 0 Å². The number of rotatable bonds is 11. The molecule has 0 fully saturated rings. The van der Waals surface area contributed by atoms with Gasteiger partial charge >= 0.3 is 0 Å². The Morgan fingerprint density at radius 2 is 1.44 bits per heavy atom. The van der Waals surface area contributed by atoms with Crippen LogP contribution < -0.4 is 9.64 Å². The normalized spacial score (nSPS) is 22.2. The SMILES string of the molecule is C=C/C=C\C(=C/C)C1(c2ccccc2)c2ccccc2-c2c(N(c3ccc(-c4ccc5c(c4)C(C)=C(/C=C\CC)C5)cc3)c3cccc(C4=C/C(=C)C5(C/C=C\c6ccccc6COc6c5ccc5ccccc65)C5=C/C/C=C\C/C=C\5C(C)/C=C\4)c3)cccc21. The van der Waals surface area contributed by atoms with Gasteiger partial charge in [0, 0.05) is 27.9 Å². The van der Waals surface area contributed by atoms with Gasteiger partial charge in [0.2, 0.25) is 0 Å². The fourth-order valence-electron chi connectivity index (χ4n) is 15.3. The van der Waals surface area contributed by atoms with E-state index in [1.54, 1.807) is 0 Å². The van der Waals surface area contributed by atoms with E-state index in [0.29, 0.717) is 13.0 Å². The van der Waals surface area contributed by atoms with Crippen LogP contribution in [0.2, 0.25) is 0 Å². The molecule has 0 amide bonds. The van der Waals surface area contributed by atoms with Crippen LogP contribution in [0, 0.1) is 5.92 Å². The predicted molar refractivity (Wildman–Crippen MR) is 387 cm³/mol. The zero-order chi connectivity index (χ0) is 62.1. The van der Waals surface area contributed by atoms with Crippen LogP contribution in [0.4, 0.5) is 17.1 Å². The number of nitrogens with zero attached hydrogens (tertiary/aromatic N) is 1. The van der Waals surface area contributed by atoms with E-state index in [1.165, 1.54) is 77.9 Å². The Morgan fingerprint density at radius 3 is 2.29 bits per heavy atom. The van der Waals surface area contributed by atoms with Crippen molar-refractivity contribution in [2.75, 3.05) is 4.90 Å². The van der Waals surface area contributed by atoms with E-state index >= 15 is 0 Å². The van der Waals surface area contributed by atoms with Crippen molar-refractivity contribution < 1.29 is 4.74 Å². The average Bonchev–Trinajstić information content (AvgIpc) is 1.58. The fourth-order valence-corrected chi connectivity index (χ4v) is 15.3. The predicted octanol–water partition coefficient (Wildman–Crippen LogP) is 23.6. The topological polar surface area (TPSA) is 12.5 Å². The third-order valence-electron chi connectivity index (χ3n) is 19.8. The molecule has 9 aromatic carbocycles. The summed E-state index contributed by atoms with van der Waals surface area (Å²) in [5, 5.41) is 2.25. The summed E-state index contributed by atoms with van der Waals surface area (Å²) < 4.78 is 7.29. The first-order valence-electron chi connectivity index (χ1n) is 32.5. The van der Waals surface area contributed by atoms with E-state index in [-0.39, 0.29) is 5.92 Å². The number of anilines is 3. The molecule has 0 saturated heterocycles. The summed E-state index contributed by atoms with van der Waals surface area (Å²) in [6, 6.07) is 74.6. The van der Waals surface area contributed by atoms with Crippen LogP contribution in [0.25, 0.3) is 50.2 Å². The highest BCUT2D eigenvalue weighted by Gasteiger charge is 2.48. The van der Waals surface area contributed by atoms with E-state index in [4.69, 9.17) is 11.3 Å². The van der Waals surface area contributed by atoms with Crippen molar-refractivity contribution in [2.24, 2.45) is 5.92 Å². The summed E-state index contributed by atoms with van der Waals surface area (Å²) in [6.45, 7) is 18.9. The Hall–Kier alpha value is -10.3. The summed E-state index contributed by atoms with van der Waals surface area (Å²) in [7, 11) is 0. The minimum atomic E-state index is -0.728. The molecule has 1 aliphatic heterocycles. The van der Waals surface area contributed by atoms with Crippen LogP contribution in [-0.2, 0) is 23.9 Å². The van der Waals surface area contributed by atoms with Gasteiger partial charge in [-0.3, -0.25) is 0 Å². The molecule has 2 heteroatoms. The number of benzene rings is 9. The van der Waals surface area contributed by atoms with Crippen LogP contribution in [0.15, 0.2) is 326 Å². The first kappa shape index (κ1) is 58.4. The van der Waals surface area contributed by atoms with Crippen molar-refractivity contribution in [3.63, 3.8) is 0 Å². The van der Waals surface area contributed by atoms with Crippen LogP contribution >= 0.6 is 0 Å². The molecule has 3 atom stereocenters. The molecule has 0 bridgehead atoms. The zero-order valence-electron chi connectivity index (χ0n) is 52.8. The fraction of sp³-hybridized carbons (Fsp3) is 0.146. The summed E-state index contributed by atoms with van der Waals surface area (Å²) in [6.07, 6.45) is 38.9. The number of ether oxygens (including phenoxy) is 1. The number of allylic oxidation sites excluding steroid dienone is 21. The molecule has 1 spiro atoms. The lowest BCUT2D eigenvalue weighted by molar-refractivity contribution is 0.302. The van der Waals surface area contributed by atoms with Crippen molar-refractivity contribution in [2.45, 2.75) is 77.2 Å². The van der Waals surface area contributed by atoms with E-state index in [9.17, 15) is 0 Å². The molecular weight excluding hydrogens is 1100 g/mol. The Kier molecular flexibility index (Phi) is 16.0. The molecule has 0 radical (unpaired) electrons. The third-order valence-corrected chi connectivity index (χ3v) is 19.8. The van der Waals surface area contributed by atoms with Crippen molar-refractivity contribution in [1.29, 1.82) is 0 Å². The minimum Gasteiger partial charge on any atom is -0.488 e. The van der Waals surface area contributed by atoms with Gasteiger partial charge in [0.05, 0.1) is 16.5 Å². The smallest absolute Gasteiger partial charge is 0.132 e. The monoisotopic (exact) mass is 1180 g/mol. The second kappa shape index (κ2) is 24.9. The number of hydrogen-bond acceptors (Lipinski definition) is 2. The van der Waals surface area contributed by atoms with Gasteiger partial charge in [-0.05, 0) is 194 Å². The van der Waals surface area contributed by atoms with Gasteiger partial charge in [0.15, 0.2) is 0 Å². The number of fused-ring (bicyclic) bond motifs is 11. The van der Waals surface area contributed by atoms with Crippen LogP contribution in [0.1, 0.15) is 103 Å². The molecule has 91 heavy (non-hydrogen) atoms. The van der Waals surface area contributed by atoms with Crippen molar-refractivity contribution in [3.8, 4) is 28.0 Å². The van der Waals surface area contributed by atoms with Crippen LogP contribution in [0.5, 0.6) is 5.75 Å². The maximum absolute atomic E-state index is 7.29. The van der Waals surface area contributed by atoms with Gasteiger partial charge in [-0.15, -0.1) is 0 Å². The van der Waals surface area contributed by atoms with Gasteiger partial charge in [0.25, 0.3) is 0 Å².